The molecule has 1 atom stereocenters. The Balaban J connectivity index is 1.57. The molecule has 0 radical (unpaired) electrons. The molecule has 35 heavy (non-hydrogen) atoms. The van der Waals surface area contributed by atoms with Gasteiger partial charge in [0.25, 0.3) is 5.91 Å². The Morgan fingerprint density at radius 1 is 1.23 bits per heavy atom. The number of pyridine rings is 1. The lowest BCUT2D eigenvalue weighted by Crippen LogP contribution is -2.49. The monoisotopic (exact) mass is 499 g/mol. The number of nitrogens with zero attached hydrogens (tertiary/aromatic N) is 3. The van der Waals surface area contributed by atoms with Crippen molar-refractivity contribution in [2.24, 2.45) is 13.0 Å². The molecule has 1 aromatic carbocycles. The molecule has 0 spiro atoms. The van der Waals surface area contributed by atoms with E-state index in [-0.39, 0.29) is 11.6 Å². The minimum atomic E-state index is -0.818. The first-order valence-electron chi connectivity index (χ1n) is 11.5. The van der Waals surface area contributed by atoms with Gasteiger partial charge in [-0.2, -0.15) is 9.83 Å². The van der Waals surface area contributed by atoms with Crippen molar-refractivity contribution < 1.29 is 18.7 Å². The van der Waals surface area contributed by atoms with Crippen LogP contribution in [0.25, 0.3) is 11.1 Å². The number of carbonyl (C=O) groups excluding carboxylic acids is 2. The van der Waals surface area contributed by atoms with Crippen LogP contribution >= 0.6 is 11.6 Å². The molecule has 1 aliphatic carbocycles. The molecular weight excluding hydrogens is 473 g/mol. The Bertz CT molecular complexity index is 1260. The second-order valence-corrected chi connectivity index (χ2v) is 9.23. The van der Waals surface area contributed by atoms with E-state index in [4.69, 9.17) is 11.6 Å². The topological polar surface area (TPSA) is 103 Å². The highest BCUT2D eigenvalue weighted by Crippen LogP contribution is 2.32. The smallest absolute Gasteiger partial charge is 0.270 e. The van der Waals surface area contributed by atoms with E-state index < -0.39 is 23.7 Å². The Morgan fingerprint density at radius 2 is 1.97 bits per heavy atom. The van der Waals surface area contributed by atoms with Crippen LogP contribution in [0.3, 0.4) is 0 Å². The van der Waals surface area contributed by atoms with Gasteiger partial charge in [-0.1, -0.05) is 36.9 Å². The zero-order chi connectivity index (χ0) is 25.1. The molecule has 0 bridgehead atoms. The van der Waals surface area contributed by atoms with Crippen LogP contribution in [0.2, 0.25) is 5.02 Å². The summed E-state index contributed by atoms with van der Waals surface area (Å²) in [5, 5.41) is 21.8. The number of aryl methyl sites for hydroxylation is 1. The van der Waals surface area contributed by atoms with Gasteiger partial charge in [-0.15, -0.1) is 0 Å². The maximum absolute atomic E-state index is 15.1. The summed E-state index contributed by atoms with van der Waals surface area (Å²) in [5.41, 5.74) is 1.49. The number of carbonyl (C=O) groups is 2. The summed E-state index contributed by atoms with van der Waals surface area (Å²) in [6.07, 6.45) is 7.42. The minimum Gasteiger partial charge on any atom is -0.618 e. The van der Waals surface area contributed by atoms with E-state index in [1.54, 1.807) is 26.1 Å². The van der Waals surface area contributed by atoms with Gasteiger partial charge in [-0.05, 0) is 42.5 Å². The summed E-state index contributed by atoms with van der Waals surface area (Å²) >= 11 is 6.25. The average Bonchev–Trinajstić information content (AvgIpc) is 3.28. The van der Waals surface area contributed by atoms with Crippen LogP contribution < -0.4 is 15.4 Å². The second kappa shape index (κ2) is 10.4. The largest absolute Gasteiger partial charge is 0.618 e. The van der Waals surface area contributed by atoms with E-state index in [1.807, 2.05) is 0 Å². The van der Waals surface area contributed by atoms with Crippen molar-refractivity contribution in [1.29, 1.82) is 0 Å². The Kier molecular flexibility index (Phi) is 7.35. The lowest BCUT2D eigenvalue weighted by atomic mass is 9.83. The van der Waals surface area contributed by atoms with Crippen LogP contribution in [0.1, 0.15) is 48.3 Å². The summed E-state index contributed by atoms with van der Waals surface area (Å²) in [7, 11) is 1.65. The van der Waals surface area contributed by atoms with Gasteiger partial charge in [-0.25, -0.2) is 4.39 Å². The molecule has 8 nitrogen and oxygen atoms in total. The first kappa shape index (κ1) is 24.7. The summed E-state index contributed by atoms with van der Waals surface area (Å²) in [5.74, 6) is -1.62. The van der Waals surface area contributed by atoms with E-state index in [9.17, 15) is 14.8 Å². The highest BCUT2D eigenvalue weighted by molar-refractivity contribution is 6.33. The molecule has 1 fully saturated rings. The molecule has 0 aliphatic heterocycles. The summed E-state index contributed by atoms with van der Waals surface area (Å²) in [6.45, 7) is 1.60. The number of halogens is 2. The van der Waals surface area contributed by atoms with Gasteiger partial charge in [0.2, 0.25) is 5.91 Å². The zero-order valence-corrected chi connectivity index (χ0v) is 20.3. The molecular formula is C25H27ClFN5O3. The predicted molar refractivity (Wildman–Crippen MR) is 130 cm³/mol. The van der Waals surface area contributed by atoms with Crippen LogP contribution in [0.4, 0.5) is 10.1 Å². The normalized spacial score (nSPS) is 15.0. The molecule has 1 saturated carbocycles. The van der Waals surface area contributed by atoms with Gasteiger partial charge in [0.15, 0.2) is 11.9 Å². The van der Waals surface area contributed by atoms with Gasteiger partial charge in [-0.3, -0.25) is 14.3 Å². The van der Waals surface area contributed by atoms with Crippen molar-refractivity contribution >= 4 is 29.1 Å². The fourth-order valence-electron chi connectivity index (χ4n) is 4.62. The predicted octanol–water partition coefficient (Wildman–Crippen LogP) is 4.14. The summed E-state index contributed by atoms with van der Waals surface area (Å²) in [4.78, 5) is 26.1. The lowest BCUT2D eigenvalue weighted by Gasteiger charge is -2.30. The third kappa shape index (κ3) is 5.30. The average molecular weight is 500 g/mol. The quantitative estimate of drug-likeness (QED) is 0.393. The summed E-state index contributed by atoms with van der Waals surface area (Å²) in [6, 6.07) is 6.46. The van der Waals surface area contributed by atoms with Crippen LogP contribution in [0.5, 0.6) is 0 Å². The van der Waals surface area contributed by atoms with Crippen molar-refractivity contribution in [2.75, 3.05) is 5.32 Å². The van der Waals surface area contributed by atoms with E-state index in [1.165, 1.54) is 35.3 Å². The van der Waals surface area contributed by atoms with Crippen molar-refractivity contribution in [2.45, 2.75) is 45.1 Å². The Morgan fingerprint density at radius 3 is 2.63 bits per heavy atom. The van der Waals surface area contributed by atoms with Crippen molar-refractivity contribution in [1.82, 2.24) is 15.1 Å². The standard InChI is InChI=1S/C25H27ClFN5O3/c1-15-22(18(26)11-13-32(15)35)17-8-9-20(19(27)14-17)29-25(34)23(16-6-4-3-5-7-16)30-24(33)21-10-12-28-31(21)2/h8-14,16,23H,3-7H2,1-2H3,(H,29,34)(H,30,33)/t23-/m0/s1. The number of rotatable bonds is 6. The Hall–Kier alpha value is -3.46. The number of benzene rings is 1. The van der Waals surface area contributed by atoms with Crippen molar-refractivity contribution in [3.63, 3.8) is 0 Å². The van der Waals surface area contributed by atoms with E-state index >= 15 is 4.39 Å². The van der Waals surface area contributed by atoms with Crippen LogP contribution in [-0.2, 0) is 11.8 Å². The number of anilines is 1. The molecule has 2 amide bonds. The lowest BCUT2D eigenvalue weighted by molar-refractivity contribution is -0.611. The molecule has 2 aromatic heterocycles. The van der Waals surface area contributed by atoms with Crippen LogP contribution in [0, 0.1) is 23.9 Å². The molecule has 2 heterocycles. The first-order valence-corrected chi connectivity index (χ1v) is 11.9. The van der Waals surface area contributed by atoms with Gasteiger partial charge < -0.3 is 15.8 Å². The van der Waals surface area contributed by atoms with Crippen molar-refractivity contribution in [3.8, 4) is 11.1 Å². The maximum atomic E-state index is 15.1. The maximum Gasteiger partial charge on any atom is 0.270 e. The number of hydrogen-bond acceptors (Lipinski definition) is 4. The molecule has 3 aromatic rings. The van der Waals surface area contributed by atoms with Crippen LogP contribution in [0.15, 0.2) is 42.7 Å². The van der Waals surface area contributed by atoms with E-state index in [0.29, 0.717) is 32.3 Å². The van der Waals surface area contributed by atoms with Crippen molar-refractivity contribution in [3.05, 3.63) is 70.2 Å². The molecule has 1 aliphatic rings. The van der Waals surface area contributed by atoms with E-state index in [2.05, 4.69) is 15.7 Å². The van der Waals surface area contributed by atoms with E-state index in [0.717, 1.165) is 32.1 Å². The highest BCUT2D eigenvalue weighted by atomic mass is 35.5. The third-order valence-corrected chi connectivity index (χ3v) is 6.86. The number of aromatic nitrogens is 3. The molecule has 2 N–H and O–H groups in total. The number of amides is 2. The fourth-order valence-corrected chi connectivity index (χ4v) is 4.92. The van der Waals surface area contributed by atoms with Gasteiger partial charge in [0, 0.05) is 26.2 Å². The number of nitrogens with one attached hydrogen (secondary N) is 2. The molecule has 4 rings (SSSR count). The Labute approximate surface area is 207 Å². The molecule has 0 saturated heterocycles. The van der Waals surface area contributed by atoms with Gasteiger partial charge in [0.05, 0.1) is 16.3 Å². The first-order chi connectivity index (χ1) is 16.8. The molecule has 184 valence electrons. The zero-order valence-electron chi connectivity index (χ0n) is 19.6. The summed E-state index contributed by atoms with van der Waals surface area (Å²) < 4.78 is 17.2. The van der Waals surface area contributed by atoms with Gasteiger partial charge in [0.1, 0.15) is 17.6 Å². The molecule has 10 heteroatoms. The fraction of sp³-hybridized carbons (Fsp3) is 0.360. The minimum absolute atomic E-state index is 0.0194. The molecule has 0 unspecified atom stereocenters. The highest BCUT2D eigenvalue weighted by Gasteiger charge is 2.32. The van der Waals surface area contributed by atoms with Gasteiger partial charge >= 0.3 is 0 Å². The van der Waals surface area contributed by atoms with Crippen LogP contribution in [-0.4, -0.2) is 27.6 Å². The second-order valence-electron chi connectivity index (χ2n) is 8.82. The third-order valence-electron chi connectivity index (χ3n) is 6.55. The number of hydrogen-bond donors (Lipinski definition) is 2. The SMILES string of the molecule is Cc1c(-c2ccc(NC(=O)[C@@H](NC(=O)c3ccnn3C)C3CCCCC3)c(F)c2)c(Cl)cc[n+]1[O-].